The number of carbonyl (C=O) groups excluding carboxylic acids is 1. The first-order valence-electron chi connectivity index (χ1n) is 11.2. The van der Waals surface area contributed by atoms with Crippen molar-refractivity contribution in [3.63, 3.8) is 0 Å². The van der Waals surface area contributed by atoms with Crippen molar-refractivity contribution in [3.05, 3.63) is 18.6 Å². The van der Waals surface area contributed by atoms with Crippen molar-refractivity contribution in [1.29, 1.82) is 0 Å². The highest BCUT2D eigenvalue weighted by molar-refractivity contribution is 7.87. The number of nitrogens with zero attached hydrogens (tertiary/aromatic N) is 4. The Kier molecular flexibility index (Phi) is 5.16. The minimum atomic E-state index is -3.87. The molecule has 5 rings (SSSR count). The molecule has 2 N–H and O–H groups in total. The van der Waals surface area contributed by atoms with Crippen LogP contribution >= 0.6 is 0 Å². The van der Waals surface area contributed by atoms with Crippen LogP contribution in [0.25, 0.3) is 11.0 Å². The van der Waals surface area contributed by atoms with E-state index >= 15 is 0 Å². The average molecular weight is 447 g/mol. The smallest absolute Gasteiger partial charge is 0.304 e. The highest BCUT2D eigenvalue weighted by atomic mass is 32.2. The molecule has 2 saturated carbocycles. The van der Waals surface area contributed by atoms with Crippen molar-refractivity contribution < 1.29 is 13.2 Å². The second-order valence-corrected chi connectivity index (χ2v) is 11.0. The van der Waals surface area contributed by atoms with Gasteiger partial charge in [0.25, 0.3) is 0 Å². The van der Waals surface area contributed by atoms with Crippen LogP contribution in [0.1, 0.15) is 51.9 Å². The molecular weight excluding hydrogens is 416 g/mol. The third kappa shape index (κ3) is 3.91. The van der Waals surface area contributed by atoms with Crippen LogP contribution in [0.2, 0.25) is 0 Å². The lowest BCUT2D eigenvalue weighted by Crippen LogP contribution is -2.60. The van der Waals surface area contributed by atoms with E-state index in [-0.39, 0.29) is 18.2 Å². The minimum absolute atomic E-state index is 0.214. The van der Waals surface area contributed by atoms with E-state index in [1.807, 2.05) is 12.3 Å². The first-order valence-corrected chi connectivity index (χ1v) is 12.7. The Hall–Kier alpha value is -2.20. The molecule has 1 aliphatic heterocycles. The molecule has 3 aliphatic rings. The molecular formula is C21H30N6O3S. The number of piperazine rings is 1. The zero-order valence-corrected chi connectivity index (χ0v) is 18.7. The summed E-state index contributed by atoms with van der Waals surface area (Å²) in [5.41, 5.74) is 0.309. The predicted molar refractivity (Wildman–Crippen MR) is 118 cm³/mol. The van der Waals surface area contributed by atoms with Crippen molar-refractivity contribution >= 4 is 33.0 Å². The van der Waals surface area contributed by atoms with Gasteiger partial charge in [0.15, 0.2) is 0 Å². The Morgan fingerprint density at radius 3 is 2.81 bits per heavy atom. The summed E-state index contributed by atoms with van der Waals surface area (Å²) in [6.45, 7) is 3.48. The summed E-state index contributed by atoms with van der Waals surface area (Å²) in [5.74, 6) is 1.18. The third-order valence-electron chi connectivity index (χ3n) is 7.29. The summed E-state index contributed by atoms with van der Waals surface area (Å²) in [5, 5.41) is 0.934. The van der Waals surface area contributed by atoms with Gasteiger partial charge in [-0.2, -0.15) is 12.7 Å². The number of hydrogen-bond donors (Lipinski definition) is 2. The van der Waals surface area contributed by atoms with Crippen molar-refractivity contribution in [2.45, 2.75) is 57.4 Å². The topological polar surface area (TPSA) is 111 Å². The van der Waals surface area contributed by atoms with Crippen LogP contribution in [0.3, 0.4) is 0 Å². The van der Waals surface area contributed by atoms with Crippen LogP contribution < -0.4 is 9.62 Å². The SMILES string of the molecule is CC(CC(=O)NS(=O)(=O)N1CCN(c2ncnc3[nH]ccc23)CC12CC2)C1CCCC1. The van der Waals surface area contributed by atoms with Crippen LogP contribution in [0.15, 0.2) is 18.6 Å². The molecule has 1 saturated heterocycles. The number of amides is 1. The molecule has 3 heterocycles. The van der Waals surface area contributed by atoms with E-state index in [1.165, 1.54) is 23.5 Å². The number of rotatable bonds is 6. The summed E-state index contributed by atoms with van der Waals surface area (Å²) < 4.78 is 30.1. The van der Waals surface area contributed by atoms with Crippen LogP contribution in [0.5, 0.6) is 0 Å². The van der Waals surface area contributed by atoms with Gasteiger partial charge in [0, 0.05) is 32.3 Å². The average Bonchev–Trinajstić information content (AvgIpc) is 3.16. The molecule has 0 radical (unpaired) electrons. The van der Waals surface area contributed by atoms with Gasteiger partial charge in [-0.25, -0.2) is 14.7 Å². The lowest BCUT2D eigenvalue weighted by atomic mass is 9.90. The fraction of sp³-hybridized carbons (Fsp3) is 0.667. The number of fused-ring (bicyclic) bond motifs is 1. The van der Waals surface area contributed by atoms with Gasteiger partial charge in [-0.3, -0.25) is 4.79 Å². The lowest BCUT2D eigenvalue weighted by Gasteiger charge is -2.41. The quantitative estimate of drug-likeness (QED) is 0.704. The molecule has 1 amide bonds. The van der Waals surface area contributed by atoms with E-state index < -0.39 is 15.7 Å². The number of H-pyrrole nitrogens is 1. The summed E-state index contributed by atoms with van der Waals surface area (Å²) in [6.07, 6.45) is 9.92. The van der Waals surface area contributed by atoms with Crippen LogP contribution in [-0.4, -0.2) is 58.8 Å². The second-order valence-electron chi connectivity index (χ2n) is 9.41. The van der Waals surface area contributed by atoms with Crippen molar-refractivity contribution in [2.75, 3.05) is 24.5 Å². The molecule has 0 bridgehead atoms. The molecule has 9 nitrogen and oxygen atoms in total. The predicted octanol–water partition coefficient (Wildman–Crippen LogP) is 2.19. The van der Waals surface area contributed by atoms with Crippen LogP contribution in [0.4, 0.5) is 5.82 Å². The van der Waals surface area contributed by atoms with Gasteiger partial charge in [0.2, 0.25) is 5.91 Å². The monoisotopic (exact) mass is 446 g/mol. The van der Waals surface area contributed by atoms with Crippen molar-refractivity contribution in [1.82, 2.24) is 24.0 Å². The molecule has 2 aromatic rings. The standard InChI is InChI=1S/C21H30N6O3S/c1-15(16-4-2-3-5-16)12-18(28)25-31(29,30)27-11-10-26(13-21(27)7-8-21)20-17-6-9-22-19(17)23-14-24-20/h6,9,14-16H,2-5,7-8,10-13H2,1H3,(H,25,28)(H,22,23,24). The van der Waals surface area contributed by atoms with Gasteiger partial charge in [-0.1, -0.05) is 32.6 Å². The molecule has 2 aliphatic carbocycles. The number of aromatic amines is 1. The third-order valence-corrected chi connectivity index (χ3v) is 8.93. The van der Waals surface area contributed by atoms with E-state index in [9.17, 15) is 13.2 Å². The summed E-state index contributed by atoms with van der Waals surface area (Å²) in [6, 6.07) is 1.94. The number of hydrogen-bond acceptors (Lipinski definition) is 6. The normalized spacial score (nSPS) is 22.8. The number of anilines is 1. The summed E-state index contributed by atoms with van der Waals surface area (Å²) in [7, 11) is -3.87. The first kappa shape index (κ1) is 20.7. The van der Waals surface area contributed by atoms with Gasteiger partial charge < -0.3 is 9.88 Å². The van der Waals surface area contributed by atoms with E-state index in [0.29, 0.717) is 25.6 Å². The van der Waals surface area contributed by atoms with E-state index in [4.69, 9.17) is 0 Å². The van der Waals surface area contributed by atoms with Crippen LogP contribution in [0, 0.1) is 11.8 Å². The zero-order valence-electron chi connectivity index (χ0n) is 17.9. The Labute approximate surface area is 182 Å². The molecule has 1 atom stereocenters. The Morgan fingerprint density at radius 1 is 1.29 bits per heavy atom. The molecule has 2 aromatic heterocycles. The van der Waals surface area contributed by atoms with Crippen molar-refractivity contribution in [2.24, 2.45) is 11.8 Å². The van der Waals surface area contributed by atoms with Crippen molar-refractivity contribution in [3.8, 4) is 0 Å². The first-order chi connectivity index (χ1) is 14.9. The molecule has 31 heavy (non-hydrogen) atoms. The minimum Gasteiger partial charge on any atom is -0.353 e. The second kappa shape index (κ2) is 7.74. The molecule has 3 fully saturated rings. The number of carbonyl (C=O) groups is 1. The highest BCUT2D eigenvalue weighted by Gasteiger charge is 2.56. The van der Waals surface area contributed by atoms with Gasteiger partial charge in [0.1, 0.15) is 17.8 Å². The number of nitrogens with one attached hydrogen (secondary N) is 2. The molecule has 10 heteroatoms. The maximum atomic E-state index is 13.1. The fourth-order valence-corrected chi connectivity index (χ4v) is 6.96. The maximum absolute atomic E-state index is 13.1. The Bertz CT molecular complexity index is 1070. The molecule has 1 spiro atoms. The van der Waals surface area contributed by atoms with Gasteiger partial charge in [0.05, 0.1) is 10.9 Å². The van der Waals surface area contributed by atoms with Crippen LogP contribution in [-0.2, 0) is 15.0 Å². The Morgan fingerprint density at radius 2 is 2.06 bits per heavy atom. The fourth-order valence-electron chi connectivity index (χ4n) is 5.41. The van der Waals surface area contributed by atoms with Gasteiger partial charge in [-0.15, -0.1) is 0 Å². The highest BCUT2D eigenvalue weighted by Crippen LogP contribution is 2.46. The summed E-state index contributed by atoms with van der Waals surface area (Å²) >= 11 is 0. The van der Waals surface area contributed by atoms with E-state index in [1.54, 1.807) is 0 Å². The molecule has 168 valence electrons. The lowest BCUT2D eigenvalue weighted by molar-refractivity contribution is -0.120. The Balaban J connectivity index is 1.27. The molecule has 1 unspecified atom stereocenters. The van der Waals surface area contributed by atoms with E-state index in [0.717, 1.165) is 42.5 Å². The number of aromatic nitrogens is 3. The zero-order chi connectivity index (χ0) is 21.6. The maximum Gasteiger partial charge on any atom is 0.304 e. The molecule has 0 aromatic carbocycles. The summed E-state index contributed by atoms with van der Waals surface area (Å²) in [4.78, 5) is 26.5. The van der Waals surface area contributed by atoms with E-state index in [2.05, 4.69) is 31.5 Å². The van der Waals surface area contributed by atoms with Gasteiger partial charge in [-0.05, 0) is 30.7 Å². The van der Waals surface area contributed by atoms with Gasteiger partial charge >= 0.3 is 10.2 Å². The largest absolute Gasteiger partial charge is 0.353 e.